The smallest absolute Gasteiger partial charge is 0.258 e. The minimum absolute atomic E-state index is 0.116. The molecule has 0 saturated carbocycles. The summed E-state index contributed by atoms with van der Waals surface area (Å²) in [5.41, 5.74) is 2.38. The van der Waals surface area contributed by atoms with Crippen molar-refractivity contribution in [1.82, 2.24) is 14.3 Å². The number of anilines is 1. The summed E-state index contributed by atoms with van der Waals surface area (Å²) in [6.07, 6.45) is 0. The summed E-state index contributed by atoms with van der Waals surface area (Å²) in [7, 11) is 3.31. The lowest BCUT2D eigenvalue weighted by Crippen LogP contribution is -2.31. The Balaban J connectivity index is 1.70. The number of nitrogens with zero attached hydrogens (tertiary/aromatic N) is 3. The highest BCUT2D eigenvalue weighted by Crippen LogP contribution is 2.27. The summed E-state index contributed by atoms with van der Waals surface area (Å²) in [5.74, 6) is 0.302. The van der Waals surface area contributed by atoms with Crippen molar-refractivity contribution in [3.63, 3.8) is 0 Å². The summed E-state index contributed by atoms with van der Waals surface area (Å²) < 4.78 is 6.79. The number of ether oxygens (including phenoxy) is 1. The van der Waals surface area contributed by atoms with E-state index in [1.807, 2.05) is 19.1 Å². The van der Waals surface area contributed by atoms with Gasteiger partial charge in [-0.05, 0) is 44.3 Å². The lowest BCUT2D eigenvalue weighted by molar-refractivity contribution is -0.117. The molecule has 0 radical (unpaired) electrons. The van der Waals surface area contributed by atoms with Crippen LogP contribution in [0.1, 0.15) is 11.4 Å². The Kier molecular flexibility index (Phi) is 5.96. The maximum Gasteiger partial charge on any atom is 0.258 e. The Morgan fingerprint density at radius 3 is 2.82 bits per heavy atom. The standard InChI is InChI=1S/C20H21ClN4O3/c1-13-5-4-6-18-22-15(10-20(27)25(13)18)11-24(2)12-19(26)23-16-9-14(21)7-8-17(16)28-3/h4-10H,11-12H2,1-3H3,(H,23,26). The first kappa shape index (κ1) is 19.9. The van der Waals surface area contributed by atoms with Crippen LogP contribution in [0.4, 0.5) is 5.69 Å². The van der Waals surface area contributed by atoms with E-state index in [-0.39, 0.29) is 18.0 Å². The van der Waals surface area contributed by atoms with E-state index in [9.17, 15) is 9.59 Å². The van der Waals surface area contributed by atoms with E-state index >= 15 is 0 Å². The molecular weight excluding hydrogens is 380 g/mol. The summed E-state index contributed by atoms with van der Waals surface area (Å²) >= 11 is 5.99. The number of likely N-dealkylation sites (N-methyl/N-ethyl adjacent to an activating group) is 1. The zero-order chi connectivity index (χ0) is 20.3. The predicted octanol–water partition coefficient (Wildman–Crippen LogP) is 2.74. The van der Waals surface area contributed by atoms with Crippen molar-refractivity contribution in [2.24, 2.45) is 0 Å². The topological polar surface area (TPSA) is 75.9 Å². The van der Waals surface area contributed by atoms with Gasteiger partial charge in [-0.1, -0.05) is 17.7 Å². The number of fused-ring (bicyclic) bond motifs is 1. The molecule has 146 valence electrons. The fourth-order valence-corrected chi connectivity index (χ4v) is 3.16. The van der Waals surface area contributed by atoms with Gasteiger partial charge in [-0.15, -0.1) is 0 Å². The summed E-state index contributed by atoms with van der Waals surface area (Å²) in [5, 5.41) is 3.29. The van der Waals surface area contributed by atoms with E-state index in [1.165, 1.54) is 13.2 Å². The number of amides is 1. The van der Waals surface area contributed by atoms with E-state index in [2.05, 4.69) is 10.3 Å². The van der Waals surface area contributed by atoms with Crippen LogP contribution in [0.2, 0.25) is 5.02 Å². The second-order valence-electron chi connectivity index (χ2n) is 6.51. The molecule has 0 bridgehead atoms. The van der Waals surface area contributed by atoms with E-state index < -0.39 is 0 Å². The Hall–Kier alpha value is -2.90. The lowest BCUT2D eigenvalue weighted by Gasteiger charge is -2.17. The molecule has 1 amide bonds. The molecule has 0 aliphatic rings. The maximum absolute atomic E-state index is 12.4. The number of rotatable bonds is 6. The average Bonchev–Trinajstić information content (AvgIpc) is 2.61. The van der Waals surface area contributed by atoms with Crippen LogP contribution in [0.25, 0.3) is 5.65 Å². The number of carbonyl (C=O) groups is 1. The van der Waals surface area contributed by atoms with Gasteiger partial charge in [0.15, 0.2) is 0 Å². The largest absolute Gasteiger partial charge is 0.495 e. The van der Waals surface area contributed by atoms with Crippen molar-refractivity contribution in [1.29, 1.82) is 0 Å². The highest BCUT2D eigenvalue weighted by Gasteiger charge is 2.12. The molecule has 0 fully saturated rings. The van der Waals surface area contributed by atoms with Gasteiger partial charge in [0, 0.05) is 23.3 Å². The molecule has 7 nitrogen and oxygen atoms in total. The Morgan fingerprint density at radius 1 is 1.29 bits per heavy atom. The van der Waals surface area contributed by atoms with Gasteiger partial charge < -0.3 is 10.1 Å². The number of methoxy groups -OCH3 is 1. The minimum Gasteiger partial charge on any atom is -0.495 e. The molecule has 1 aromatic carbocycles. The van der Waals surface area contributed by atoms with Gasteiger partial charge in [-0.3, -0.25) is 18.9 Å². The second kappa shape index (κ2) is 8.41. The molecule has 0 aliphatic heterocycles. The van der Waals surface area contributed by atoms with Crippen molar-refractivity contribution >= 4 is 28.8 Å². The fraction of sp³-hybridized carbons (Fsp3) is 0.250. The molecule has 3 rings (SSSR count). The van der Waals surface area contributed by atoms with Crippen LogP contribution in [0.5, 0.6) is 5.75 Å². The van der Waals surface area contributed by atoms with Gasteiger partial charge in [0.1, 0.15) is 11.4 Å². The molecule has 2 aromatic heterocycles. The van der Waals surface area contributed by atoms with Crippen LogP contribution in [-0.2, 0) is 11.3 Å². The number of benzene rings is 1. The van der Waals surface area contributed by atoms with E-state index in [1.54, 1.807) is 40.6 Å². The van der Waals surface area contributed by atoms with Gasteiger partial charge in [0.05, 0.1) is 25.0 Å². The van der Waals surface area contributed by atoms with Crippen LogP contribution in [0.3, 0.4) is 0 Å². The molecule has 0 spiro atoms. The lowest BCUT2D eigenvalue weighted by atomic mass is 10.3. The number of hydrogen-bond acceptors (Lipinski definition) is 5. The molecule has 0 unspecified atom stereocenters. The molecule has 0 atom stereocenters. The predicted molar refractivity (Wildman–Crippen MR) is 109 cm³/mol. The highest BCUT2D eigenvalue weighted by molar-refractivity contribution is 6.31. The summed E-state index contributed by atoms with van der Waals surface area (Å²) in [6, 6.07) is 12.0. The van der Waals surface area contributed by atoms with Crippen LogP contribution >= 0.6 is 11.6 Å². The Labute approximate surface area is 167 Å². The molecule has 8 heteroatoms. The summed E-state index contributed by atoms with van der Waals surface area (Å²) in [6.45, 7) is 2.33. The Morgan fingerprint density at radius 2 is 2.07 bits per heavy atom. The molecule has 3 aromatic rings. The zero-order valence-electron chi connectivity index (χ0n) is 15.9. The van der Waals surface area contributed by atoms with Crippen molar-refractivity contribution in [2.75, 3.05) is 26.0 Å². The van der Waals surface area contributed by atoms with Crippen molar-refractivity contribution in [3.8, 4) is 5.75 Å². The second-order valence-corrected chi connectivity index (χ2v) is 6.95. The first-order chi connectivity index (χ1) is 13.4. The van der Waals surface area contributed by atoms with Gasteiger partial charge in [0.25, 0.3) is 5.56 Å². The third-order valence-corrected chi connectivity index (χ3v) is 4.45. The van der Waals surface area contributed by atoms with E-state index in [4.69, 9.17) is 16.3 Å². The number of aryl methyl sites for hydroxylation is 1. The molecular formula is C20H21ClN4O3. The van der Waals surface area contributed by atoms with Crippen LogP contribution < -0.4 is 15.6 Å². The highest BCUT2D eigenvalue weighted by atomic mass is 35.5. The van der Waals surface area contributed by atoms with Gasteiger partial charge in [0.2, 0.25) is 5.91 Å². The maximum atomic E-state index is 12.4. The van der Waals surface area contributed by atoms with Gasteiger partial charge in [-0.2, -0.15) is 0 Å². The van der Waals surface area contributed by atoms with Crippen LogP contribution in [0, 0.1) is 6.92 Å². The van der Waals surface area contributed by atoms with E-state index in [0.29, 0.717) is 34.3 Å². The van der Waals surface area contributed by atoms with Crippen molar-refractivity contribution < 1.29 is 9.53 Å². The number of pyridine rings is 1. The molecule has 28 heavy (non-hydrogen) atoms. The SMILES string of the molecule is COc1ccc(Cl)cc1NC(=O)CN(C)Cc1cc(=O)n2c(C)cccc2n1. The first-order valence-electron chi connectivity index (χ1n) is 8.67. The quantitative estimate of drug-likeness (QED) is 0.688. The molecule has 0 saturated heterocycles. The zero-order valence-corrected chi connectivity index (χ0v) is 16.7. The number of nitrogens with one attached hydrogen (secondary N) is 1. The van der Waals surface area contributed by atoms with Gasteiger partial charge >= 0.3 is 0 Å². The molecule has 0 aliphatic carbocycles. The normalized spacial score (nSPS) is 11.0. The minimum atomic E-state index is -0.226. The first-order valence-corrected chi connectivity index (χ1v) is 9.05. The van der Waals surface area contributed by atoms with Crippen molar-refractivity contribution in [2.45, 2.75) is 13.5 Å². The fourth-order valence-electron chi connectivity index (χ4n) is 2.99. The van der Waals surface area contributed by atoms with E-state index in [0.717, 1.165) is 5.69 Å². The number of hydrogen-bond donors (Lipinski definition) is 1. The number of carbonyl (C=O) groups excluding carboxylic acids is 1. The number of aromatic nitrogens is 2. The molecule has 2 heterocycles. The van der Waals surface area contributed by atoms with Crippen LogP contribution in [-0.4, -0.2) is 40.9 Å². The third kappa shape index (κ3) is 4.49. The monoisotopic (exact) mass is 400 g/mol. The summed E-state index contributed by atoms with van der Waals surface area (Å²) in [4.78, 5) is 31.0. The van der Waals surface area contributed by atoms with Crippen LogP contribution in [0.15, 0.2) is 47.3 Å². The van der Waals surface area contributed by atoms with Gasteiger partial charge in [-0.25, -0.2) is 4.98 Å². The van der Waals surface area contributed by atoms with Crippen molar-refractivity contribution in [3.05, 3.63) is 69.2 Å². The average molecular weight is 401 g/mol. The molecule has 1 N–H and O–H groups in total. The number of halogens is 1. The third-order valence-electron chi connectivity index (χ3n) is 4.21. The Bertz CT molecular complexity index is 1080.